The van der Waals surface area contributed by atoms with Gasteiger partial charge in [0, 0.05) is 40.2 Å². The van der Waals surface area contributed by atoms with Crippen molar-refractivity contribution >= 4 is 28.8 Å². The number of pyridine rings is 1. The fourth-order valence-corrected chi connectivity index (χ4v) is 6.11. The first-order valence-electron chi connectivity index (χ1n) is 13.9. The van der Waals surface area contributed by atoms with Crippen molar-refractivity contribution in [3.8, 4) is 5.75 Å². The fraction of sp³-hybridized carbons (Fsp3) is 0.400. The van der Waals surface area contributed by atoms with Crippen molar-refractivity contribution in [3.05, 3.63) is 70.6 Å². The number of benzene rings is 1. The molecule has 2 N–H and O–H groups in total. The lowest BCUT2D eigenvalue weighted by Gasteiger charge is -2.38. The maximum atomic E-state index is 14.1. The van der Waals surface area contributed by atoms with E-state index in [-0.39, 0.29) is 17.0 Å². The summed E-state index contributed by atoms with van der Waals surface area (Å²) in [6.45, 7) is 4.98. The third-order valence-corrected chi connectivity index (χ3v) is 8.60. The number of hydrogen-bond donors (Lipinski definition) is 2. The number of nitrogens with one attached hydrogen (secondary N) is 2. The summed E-state index contributed by atoms with van der Waals surface area (Å²) in [5.41, 5.74) is 5.29. The van der Waals surface area contributed by atoms with E-state index in [4.69, 9.17) is 9.37 Å². The second-order valence-corrected chi connectivity index (χ2v) is 11.5. The number of nitrogens with zero attached hydrogens (tertiary/aromatic N) is 4. The largest absolute Gasteiger partial charge is 0.493 e. The predicted octanol–water partition coefficient (Wildman–Crippen LogP) is 4.42. The summed E-state index contributed by atoms with van der Waals surface area (Å²) >= 11 is 0. The summed E-state index contributed by atoms with van der Waals surface area (Å²) < 4.78 is 24.9. The molecule has 41 heavy (non-hydrogen) atoms. The lowest BCUT2D eigenvalue weighted by molar-refractivity contribution is -0.119. The standard InChI is InChI=1S/C30H29FN6O4/c1-15-12-32-16(2)23(15)21-8-6-19(13-33-21)34-28(38)26(35-29(39)27-25(17-3-4-17)36-41-37-27)24-20-7-5-18(31)11-22(20)40-14-30(24)9-10-30/h5-8,11,13,17,24,26H,3-4,9-10,12,14H2,1-2H3,(H,34,38)(H,35,39)/t24?,26-/m0/s1. The average Bonchev–Trinajstić information content (AvgIpc) is 3.88. The van der Waals surface area contributed by atoms with Gasteiger partial charge in [0.15, 0.2) is 5.69 Å². The Bertz CT molecular complexity index is 1620. The minimum absolute atomic E-state index is 0.0878. The molecule has 2 aliphatic heterocycles. The Balaban J connectivity index is 1.21. The highest BCUT2D eigenvalue weighted by Gasteiger charge is 2.58. The van der Waals surface area contributed by atoms with Crippen molar-refractivity contribution < 1.29 is 23.3 Å². The van der Waals surface area contributed by atoms with E-state index < -0.39 is 29.6 Å². The molecule has 1 aromatic carbocycles. The third kappa shape index (κ3) is 4.58. The fourth-order valence-electron chi connectivity index (χ4n) is 6.11. The number of rotatable bonds is 7. The topological polar surface area (TPSA) is 132 Å². The Morgan fingerprint density at radius 1 is 1.12 bits per heavy atom. The second kappa shape index (κ2) is 9.60. The lowest BCUT2D eigenvalue weighted by atomic mass is 9.76. The van der Waals surface area contributed by atoms with Gasteiger partial charge in [0.25, 0.3) is 5.91 Å². The van der Waals surface area contributed by atoms with Gasteiger partial charge in [0.05, 0.1) is 30.7 Å². The van der Waals surface area contributed by atoms with Crippen LogP contribution in [0.3, 0.4) is 0 Å². The van der Waals surface area contributed by atoms with Gasteiger partial charge in [-0.1, -0.05) is 11.2 Å². The van der Waals surface area contributed by atoms with Crippen molar-refractivity contribution in [3.63, 3.8) is 0 Å². The number of allylic oxidation sites excluding steroid dienone is 1. The van der Waals surface area contributed by atoms with Crippen LogP contribution in [0.15, 0.2) is 51.7 Å². The Morgan fingerprint density at radius 2 is 1.95 bits per heavy atom. The van der Waals surface area contributed by atoms with E-state index in [0.29, 0.717) is 35.8 Å². The van der Waals surface area contributed by atoms with Crippen LogP contribution in [0.4, 0.5) is 10.1 Å². The first-order chi connectivity index (χ1) is 19.8. The van der Waals surface area contributed by atoms with E-state index in [2.05, 4.69) is 30.9 Å². The highest BCUT2D eigenvalue weighted by atomic mass is 19.1. The van der Waals surface area contributed by atoms with Crippen molar-refractivity contribution in [2.45, 2.75) is 57.4 Å². The van der Waals surface area contributed by atoms with Gasteiger partial charge in [0.2, 0.25) is 5.91 Å². The molecule has 3 aromatic rings. The maximum absolute atomic E-state index is 14.1. The van der Waals surface area contributed by atoms with Crippen LogP contribution in [0, 0.1) is 11.2 Å². The number of amides is 2. The van der Waals surface area contributed by atoms with Crippen LogP contribution in [-0.2, 0) is 4.79 Å². The molecule has 2 saturated carbocycles. The van der Waals surface area contributed by atoms with Crippen molar-refractivity contribution in [2.75, 3.05) is 18.5 Å². The van der Waals surface area contributed by atoms with E-state index in [1.54, 1.807) is 18.3 Å². The van der Waals surface area contributed by atoms with Gasteiger partial charge in [-0.15, -0.1) is 0 Å². The molecule has 4 heterocycles. The monoisotopic (exact) mass is 556 g/mol. The molecule has 2 atom stereocenters. The molecule has 2 aliphatic carbocycles. The van der Waals surface area contributed by atoms with Gasteiger partial charge in [-0.25, -0.2) is 9.02 Å². The third-order valence-electron chi connectivity index (χ3n) is 8.60. The Hall–Kier alpha value is -4.41. The molecule has 4 aliphatic rings. The van der Waals surface area contributed by atoms with Crippen molar-refractivity contribution in [1.82, 2.24) is 20.6 Å². The summed E-state index contributed by atoms with van der Waals surface area (Å²) in [7, 11) is 0. The Morgan fingerprint density at radius 3 is 2.63 bits per heavy atom. The highest BCUT2D eigenvalue weighted by Crippen LogP contribution is 2.61. The van der Waals surface area contributed by atoms with Crippen LogP contribution in [0.1, 0.15) is 78.8 Å². The summed E-state index contributed by atoms with van der Waals surface area (Å²) in [6, 6.07) is 6.97. The minimum Gasteiger partial charge on any atom is -0.493 e. The van der Waals surface area contributed by atoms with Crippen LogP contribution in [0.25, 0.3) is 5.57 Å². The Labute approximate surface area is 235 Å². The minimum atomic E-state index is -1.00. The number of carbonyl (C=O) groups is 2. The first-order valence-corrected chi connectivity index (χ1v) is 13.9. The number of ether oxygens (including phenoxy) is 1. The summed E-state index contributed by atoms with van der Waals surface area (Å²) in [6.07, 6.45) is 5.05. The molecule has 210 valence electrons. The summed E-state index contributed by atoms with van der Waals surface area (Å²) in [4.78, 5) is 36.6. The van der Waals surface area contributed by atoms with Crippen LogP contribution in [0.2, 0.25) is 0 Å². The molecular formula is C30H29FN6O4. The number of aromatic nitrogens is 3. The highest BCUT2D eigenvalue weighted by molar-refractivity contribution is 6.24. The molecule has 1 spiro atoms. The normalized spacial score (nSPS) is 21.1. The van der Waals surface area contributed by atoms with E-state index in [0.717, 1.165) is 48.2 Å². The summed E-state index contributed by atoms with van der Waals surface area (Å²) in [5, 5.41) is 13.7. The number of hydrogen-bond acceptors (Lipinski definition) is 8. The molecule has 2 fully saturated rings. The molecule has 0 saturated heterocycles. The number of halogens is 1. The van der Waals surface area contributed by atoms with Gasteiger partial charge in [0.1, 0.15) is 23.3 Å². The zero-order valence-corrected chi connectivity index (χ0v) is 22.7. The zero-order chi connectivity index (χ0) is 28.3. The van der Waals surface area contributed by atoms with E-state index in [1.807, 2.05) is 19.9 Å². The van der Waals surface area contributed by atoms with E-state index >= 15 is 0 Å². The number of aliphatic imine (C=N–C) groups is 1. The lowest BCUT2D eigenvalue weighted by Crippen LogP contribution is -2.52. The molecular weight excluding hydrogens is 527 g/mol. The van der Waals surface area contributed by atoms with Gasteiger partial charge in [-0.2, -0.15) is 0 Å². The molecule has 1 unspecified atom stereocenters. The number of anilines is 1. The Kier molecular flexibility index (Phi) is 5.98. The molecule has 2 aromatic heterocycles. The molecule has 10 nitrogen and oxygen atoms in total. The van der Waals surface area contributed by atoms with Crippen LogP contribution in [0.5, 0.6) is 5.75 Å². The van der Waals surface area contributed by atoms with Crippen LogP contribution >= 0.6 is 0 Å². The molecule has 0 radical (unpaired) electrons. The van der Waals surface area contributed by atoms with Crippen molar-refractivity contribution in [2.24, 2.45) is 10.4 Å². The van der Waals surface area contributed by atoms with Gasteiger partial charge in [-0.05, 0) is 68.5 Å². The zero-order valence-electron chi connectivity index (χ0n) is 22.7. The average molecular weight is 557 g/mol. The SMILES string of the molecule is CC1=NCC(C)=C1c1ccc(NC(=O)[C@@H](NC(=O)c2nonc2C2CC2)C2c3ccc(F)cc3OCC23CC3)cn1. The quantitative estimate of drug-likeness (QED) is 0.440. The molecule has 0 bridgehead atoms. The second-order valence-electron chi connectivity index (χ2n) is 11.5. The van der Waals surface area contributed by atoms with Crippen LogP contribution in [-0.4, -0.2) is 52.0 Å². The first kappa shape index (κ1) is 25.6. The van der Waals surface area contributed by atoms with Gasteiger partial charge >= 0.3 is 0 Å². The predicted molar refractivity (Wildman–Crippen MR) is 147 cm³/mol. The number of fused-ring (bicyclic) bond motifs is 1. The van der Waals surface area contributed by atoms with E-state index in [1.165, 1.54) is 12.1 Å². The van der Waals surface area contributed by atoms with Crippen LogP contribution < -0.4 is 15.4 Å². The van der Waals surface area contributed by atoms with E-state index in [9.17, 15) is 14.0 Å². The number of carbonyl (C=O) groups excluding carboxylic acids is 2. The molecule has 7 rings (SSSR count). The molecule has 2 amide bonds. The smallest absolute Gasteiger partial charge is 0.276 e. The van der Waals surface area contributed by atoms with Gasteiger partial charge < -0.3 is 15.4 Å². The maximum Gasteiger partial charge on any atom is 0.276 e. The van der Waals surface area contributed by atoms with Crippen molar-refractivity contribution in [1.29, 1.82) is 0 Å². The van der Waals surface area contributed by atoms with Gasteiger partial charge in [-0.3, -0.25) is 19.6 Å². The molecule has 11 heteroatoms. The summed E-state index contributed by atoms with van der Waals surface area (Å²) in [5.74, 6) is -1.32.